The average Bonchev–Trinajstić information content (AvgIpc) is 2.38. The number of hydrogen-bond acceptors (Lipinski definition) is 4. The fourth-order valence-corrected chi connectivity index (χ4v) is 2.61. The molecule has 1 aliphatic rings. The number of rotatable bonds is 3. The number of aromatic nitrogens is 2. The minimum Gasteiger partial charge on any atom is -0.330 e. The van der Waals surface area contributed by atoms with Crippen molar-refractivity contribution in [3.05, 3.63) is 17.5 Å². The number of amides is 1. The molecule has 0 aliphatic heterocycles. The highest BCUT2D eigenvalue weighted by molar-refractivity contribution is 6.28. The van der Waals surface area contributed by atoms with Crippen LogP contribution in [0.15, 0.2) is 12.3 Å². The van der Waals surface area contributed by atoms with Crippen molar-refractivity contribution in [2.24, 2.45) is 17.6 Å². The van der Waals surface area contributed by atoms with Crippen molar-refractivity contribution in [3.8, 4) is 0 Å². The molecule has 1 amide bonds. The lowest BCUT2D eigenvalue weighted by Gasteiger charge is -2.29. The van der Waals surface area contributed by atoms with Gasteiger partial charge in [0.05, 0.1) is 0 Å². The first-order valence-corrected chi connectivity index (χ1v) is 6.58. The first kappa shape index (κ1) is 13.2. The molecule has 1 fully saturated rings. The molecule has 1 aliphatic carbocycles. The standard InChI is InChI=1S/C12H17ClN4O/c13-12-15-6-5-10(17-12)16-11(18)9-4-2-1-3-8(9)7-14/h5-6,8-9H,1-4,7,14H2,(H,15,16,17,18). The van der Waals surface area contributed by atoms with E-state index < -0.39 is 0 Å². The molecule has 0 spiro atoms. The molecule has 1 aromatic rings. The van der Waals surface area contributed by atoms with Crippen LogP contribution < -0.4 is 11.1 Å². The van der Waals surface area contributed by atoms with E-state index in [0.29, 0.717) is 12.4 Å². The topological polar surface area (TPSA) is 80.9 Å². The summed E-state index contributed by atoms with van der Waals surface area (Å²) in [6, 6.07) is 1.63. The second-order valence-corrected chi connectivity index (χ2v) is 4.92. The second kappa shape index (κ2) is 6.11. The van der Waals surface area contributed by atoms with E-state index in [2.05, 4.69) is 15.3 Å². The summed E-state index contributed by atoms with van der Waals surface area (Å²) in [6.45, 7) is 0.558. The molecule has 0 radical (unpaired) electrons. The number of nitrogens with two attached hydrogens (primary N) is 1. The largest absolute Gasteiger partial charge is 0.330 e. The van der Waals surface area contributed by atoms with Gasteiger partial charge in [-0.1, -0.05) is 12.8 Å². The van der Waals surface area contributed by atoms with Gasteiger partial charge in [0.1, 0.15) is 5.82 Å². The third-order valence-electron chi connectivity index (χ3n) is 3.43. The molecule has 2 unspecified atom stereocenters. The van der Waals surface area contributed by atoms with Gasteiger partial charge in [-0.15, -0.1) is 0 Å². The maximum Gasteiger partial charge on any atom is 0.228 e. The van der Waals surface area contributed by atoms with Crippen molar-refractivity contribution in [1.29, 1.82) is 0 Å². The maximum atomic E-state index is 12.2. The fraction of sp³-hybridized carbons (Fsp3) is 0.583. The predicted octanol–water partition coefficient (Wildman–Crippen LogP) is 1.83. The van der Waals surface area contributed by atoms with Crippen molar-refractivity contribution < 1.29 is 4.79 Å². The predicted molar refractivity (Wildman–Crippen MR) is 70.2 cm³/mol. The van der Waals surface area contributed by atoms with Crippen molar-refractivity contribution >= 4 is 23.3 Å². The first-order chi connectivity index (χ1) is 8.70. The van der Waals surface area contributed by atoms with E-state index in [1.54, 1.807) is 6.07 Å². The van der Waals surface area contributed by atoms with E-state index in [1.165, 1.54) is 6.20 Å². The molecule has 0 bridgehead atoms. The van der Waals surface area contributed by atoms with E-state index in [-0.39, 0.29) is 23.0 Å². The molecule has 2 atom stereocenters. The van der Waals surface area contributed by atoms with E-state index in [0.717, 1.165) is 25.7 Å². The van der Waals surface area contributed by atoms with E-state index in [9.17, 15) is 4.79 Å². The summed E-state index contributed by atoms with van der Waals surface area (Å²) in [4.78, 5) is 19.9. The van der Waals surface area contributed by atoms with Crippen LogP contribution >= 0.6 is 11.6 Å². The minimum absolute atomic E-state index is 0.0140. The van der Waals surface area contributed by atoms with Gasteiger partial charge in [-0.05, 0) is 43.0 Å². The number of nitrogens with one attached hydrogen (secondary N) is 1. The third kappa shape index (κ3) is 3.17. The van der Waals surface area contributed by atoms with Crippen LogP contribution in [0.2, 0.25) is 5.28 Å². The smallest absolute Gasteiger partial charge is 0.228 e. The molecule has 0 aromatic carbocycles. The van der Waals surface area contributed by atoms with Crippen LogP contribution in [0.25, 0.3) is 0 Å². The monoisotopic (exact) mass is 268 g/mol. The van der Waals surface area contributed by atoms with Crippen LogP contribution in [0.4, 0.5) is 5.82 Å². The van der Waals surface area contributed by atoms with Crippen LogP contribution in [0.5, 0.6) is 0 Å². The summed E-state index contributed by atoms with van der Waals surface area (Å²) >= 11 is 5.68. The van der Waals surface area contributed by atoms with Crippen LogP contribution in [0.3, 0.4) is 0 Å². The van der Waals surface area contributed by atoms with Crippen LogP contribution in [-0.4, -0.2) is 22.4 Å². The van der Waals surface area contributed by atoms with Gasteiger partial charge in [0, 0.05) is 12.1 Å². The van der Waals surface area contributed by atoms with Gasteiger partial charge in [-0.2, -0.15) is 0 Å². The molecule has 98 valence electrons. The van der Waals surface area contributed by atoms with E-state index >= 15 is 0 Å². The summed E-state index contributed by atoms with van der Waals surface area (Å²) in [6.07, 6.45) is 5.68. The fourth-order valence-electron chi connectivity index (χ4n) is 2.46. The van der Waals surface area contributed by atoms with Crippen molar-refractivity contribution in [2.45, 2.75) is 25.7 Å². The highest BCUT2D eigenvalue weighted by atomic mass is 35.5. The zero-order chi connectivity index (χ0) is 13.0. The molecule has 1 heterocycles. The zero-order valence-corrected chi connectivity index (χ0v) is 10.9. The lowest BCUT2D eigenvalue weighted by Crippen LogP contribution is -2.35. The molecule has 3 N–H and O–H groups in total. The van der Waals surface area contributed by atoms with E-state index in [4.69, 9.17) is 17.3 Å². The number of carbonyl (C=O) groups is 1. The normalized spacial score (nSPS) is 23.7. The average molecular weight is 269 g/mol. The number of carbonyl (C=O) groups excluding carboxylic acids is 1. The van der Waals surface area contributed by atoms with Crippen LogP contribution in [-0.2, 0) is 4.79 Å². The lowest BCUT2D eigenvalue weighted by molar-refractivity contribution is -0.122. The highest BCUT2D eigenvalue weighted by Crippen LogP contribution is 2.30. The SMILES string of the molecule is NCC1CCCCC1C(=O)Nc1ccnc(Cl)n1. The molecule has 18 heavy (non-hydrogen) atoms. The Balaban J connectivity index is 2.02. The summed E-state index contributed by atoms with van der Waals surface area (Å²) in [7, 11) is 0. The maximum absolute atomic E-state index is 12.2. The molecule has 5 nitrogen and oxygen atoms in total. The van der Waals surface area contributed by atoms with Gasteiger partial charge in [-0.3, -0.25) is 4.79 Å². The minimum atomic E-state index is -0.0162. The van der Waals surface area contributed by atoms with Gasteiger partial charge in [0.25, 0.3) is 0 Å². The van der Waals surface area contributed by atoms with E-state index in [1.807, 2.05) is 0 Å². The lowest BCUT2D eigenvalue weighted by atomic mass is 9.79. The highest BCUT2D eigenvalue weighted by Gasteiger charge is 2.30. The molecular formula is C12H17ClN4O. The Morgan fingerprint density at radius 2 is 2.28 bits per heavy atom. The molecule has 2 rings (SSSR count). The first-order valence-electron chi connectivity index (χ1n) is 6.20. The number of anilines is 1. The second-order valence-electron chi connectivity index (χ2n) is 4.59. The van der Waals surface area contributed by atoms with Gasteiger partial charge in [0.15, 0.2) is 0 Å². The molecular weight excluding hydrogens is 252 g/mol. The molecule has 6 heteroatoms. The summed E-state index contributed by atoms with van der Waals surface area (Å²) < 4.78 is 0. The summed E-state index contributed by atoms with van der Waals surface area (Å²) in [5.41, 5.74) is 5.72. The summed E-state index contributed by atoms with van der Waals surface area (Å²) in [5.74, 6) is 0.690. The van der Waals surface area contributed by atoms with Gasteiger partial charge >= 0.3 is 0 Å². The van der Waals surface area contributed by atoms with Crippen molar-refractivity contribution in [3.63, 3.8) is 0 Å². The third-order valence-corrected chi connectivity index (χ3v) is 3.61. The number of nitrogens with zero attached hydrogens (tertiary/aromatic N) is 2. The van der Waals surface area contributed by atoms with Crippen LogP contribution in [0.1, 0.15) is 25.7 Å². The molecule has 1 saturated carbocycles. The number of halogens is 1. The molecule has 1 aromatic heterocycles. The summed E-state index contributed by atoms with van der Waals surface area (Å²) in [5, 5.41) is 2.92. The van der Waals surface area contributed by atoms with Crippen molar-refractivity contribution in [1.82, 2.24) is 9.97 Å². The van der Waals surface area contributed by atoms with Gasteiger partial charge in [-0.25, -0.2) is 9.97 Å². The van der Waals surface area contributed by atoms with Gasteiger partial charge < -0.3 is 11.1 Å². The zero-order valence-electron chi connectivity index (χ0n) is 10.1. The Morgan fingerprint density at radius 3 is 3.00 bits per heavy atom. The Hall–Kier alpha value is -1.20. The Labute approximate surface area is 111 Å². The Morgan fingerprint density at radius 1 is 1.50 bits per heavy atom. The quantitative estimate of drug-likeness (QED) is 0.820. The van der Waals surface area contributed by atoms with Crippen LogP contribution in [0, 0.1) is 11.8 Å². The number of hydrogen-bond donors (Lipinski definition) is 2. The Kier molecular flexibility index (Phi) is 4.49. The van der Waals surface area contributed by atoms with Crippen molar-refractivity contribution in [2.75, 3.05) is 11.9 Å². The molecule has 0 saturated heterocycles. The Bertz CT molecular complexity index is 426. The van der Waals surface area contributed by atoms with Gasteiger partial charge in [0.2, 0.25) is 11.2 Å².